The van der Waals surface area contributed by atoms with Gasteiger partial charge in [0.1, 0.15) is 0 Å². The number of fused-ring (bicyclic) bond motifs is 1. The summed E-state index contributed by atoms with van der Waals surface area (Å²) in [4.78, 5) is 12.0. The molecule has 1 aliphatic carbocycles. The molecule has 0 amide bonds. The van der Waals surface area contributed by atoms with Gasteiger partial charge in [0.15, 0.2) is 0 Å². The minimum Gasteiger partial charge on any atom is -0.378 e. The summed E-state index contributed by atoms with van der Waals surface area (Å²) in [6.45, 7) is 0. The molecule has 1 heterocycles. The van der Waals surface area contributed by atoms with E-state index in [1.807, 2.05) is 29.6 Å². The first-order valence-corrected chi connectivity index (χ1v) is 5.99. The monoisotopic (exact) mass is 217 g/mol. The Labute approximate surface area is 91.6 Å². The Morgan fingerprint density at radius 3 is 2.87 bits per heavy atom. The minimum absolute atomic E-state index is 0.135. The molecule has 1 aliphatic rings. The molecule has 3 heteroatoms. The van der Waals surface area contributed by atoms with Gasteiger partial charge >= 0.3 is 0 Å². The van der Waals surface area contributed by atoms with Crippen LogP contribution in [0.2, 0.25) is 0 Å². The second kappa shape index (κ2) is 3.35. The molecule has 1 saturated carbocycles. The van der Waals surface area contributed by atoms with Crippen molar-refractivity contribution in [1.82, 2.24) is 0 Å². The van der Waals surface area contributed by atoms with Crippen LogP contribution in [0.25, 0.3) is 10.1 Å². The summed E-state index contributed by atoms with van der Waals surface area (Å²) in [5.74, 6) is 0. The maximum absolute atomic E-state index is 12.0. The molecular weight excluding hydrogens is 206 g/mol. The Morgan fingerprint density at radius 1 is 1.27 bits per heavy atom. The van der Waals surface area contributed by atoms with Crippen LogP contribution in [0, 0.1) is 0 Å². The number of hydrogen-bond acceptors (Lipinski definition) is 3. The molecule has 0 radical (unpaired) electrons. The van der Waals surface area contributed by atoms with Crippen molar-refractivity contribution in [2.75, 3.05) is 5.32 Å². The van der Waals surface area contributed by atoms with Crippen LogP contribution in [-0.2, 0) is 0 Å². The molecule has 2 aromatic rings. The molecule has 0 aliphatic heterocycles. The van der Waals surface area contributed by atoms with Gasteiger partial charge in [0.25, 0.3) is 0 Å². The summed E-state index contributed by atoms with van der Waals surface area (Å²) in [5.41, 5.74) is 0.900. The maximum atomic E-state index is 12.0. The highest BCUT2D eigenvalue weighted by molar-refractivity contribution is 7.16. The van der Waals surface area contributed by atoms with Gasteiger partial charge in [0.2, 0.25) is 5.43 Å². The minimum atomic E-state index is 0.135. The standard InChI is InChI=1S/C12H11NOS/c14-12-9-3-1-2-4-11(9)15-7-10(12)13-8-5-6-8/h1-4,7-8,13H,5-6H2. The molecule has 1 aromatic carbocycles. The number of benzene rings is 1. The lowest BCUT2D eigenvalue weighted by Gasteiger charge is -2.03. The molecule has 15 heavy (non-hydrogen) atoms. The van der Waals surface area contributed by atoms with Crippen LogP contribution in [0.5, 0.6) is 0 Å². The SMILES string of the molecule is O=c1c(NC2CC2)csc2ccccc12. The molecule has 3 rings (SSSR count). The fourth-order valence-electron chi connectivity index (χ4n) is 1.63. The molecule has 1 aromatic heterocycles. The van der Waals surface area contributed by atoms with E-state index in [4.69, 9.17) is 0 Å². The van der Waals surface area contributed by atoms with Crippen molar-refractivity contribution in [2.24, 2.45) is 0 Å². The number of anilines is 1. The Kier molecular flexibility index (Phi) is 1.99. The molecule has 1 fully saturated rings. The molecule has 0 saturated heterocycles. The number of nitrogens with one attached hydrogen (secondary N) is 1. The summed E-state index contributed by atoms with van der Waals surface area (Å²) in [5, 5.41) is 6.03. The molecule has 76 valence electrons. The van der Waals surface area contributed by atoms with Crippen molar-refractivity contribution in [2.45, 2.75) is 18.9 Å². The molecule has 0 atom stereocenters. The zero-order valence-electron chi connectivity index (χ0n) is 8.19. The molecular formula is C12H11NOS. The molecule has 0 unspecified atom stereocenters. The Balaban J connectivity index is 2.15. The van der Waals surface area contributed by atoms with Crippen molar-refractivity contribution in [3.63, 3.8) is 0 Å². The third kappa shape index (κ3) is 1.63. The van der Waals surface area contributed by atoms with Crippen LogP contribution < -0.4 is 10.7 Å². The van der Waals surface area contributed by atoms with Crippen LogP contribution in [0.1, 0.15) is 12.8 Å². The van der Waals surface area contributed by atoms with E-state index in [-0.39, 0.29) is 5.43 Å². The van der Waals surface area contributed by atoms with Crippen molar-refractivity contribution in [1.29, 1.82) is 0 Å². The van der Waals surface area contributed by atoms with E-state index in [1.165, 1.54) is 12.8 Å². The van der Waals surface area contributed by atoms with Gasteiger partial charge in [-0.1, -0.05) is 12.1 Å². The van der Waals surface area contributed by atoms with Gasteiger partial charge in [0, 0.05) is 21.5 Å². The van der Waals surface area contributed by atoms with E-state index in [2.05, 4.69) is 5.32 Å². The highest BCUT2D eigenvalue weighted by atomic mass is 32.1. The van der Waals surface area contributed by atoms with Crippen LogP contribution in [0.4, 0.5) is 5.69 Å². The lowest BCUT2D eigenvalue weighted by Crippen LogP contribution is -2.11. The van der Waals surface area contributed by atoms with Crippen molar-refractivity contribution in [3.05, 3.63) is 39.9 Å². The van der Waals surface area contributed by atoms with Crippen molar-refractivity contribution < 1.29 is 0 Å². The third-order valence-corrected chi connectivity index (χ3v) is 3.58. The van der Waals surface area contributed by atoms with E-state index in [1.54, 1.807) is 11.3 Å². The first kappa shape index (κ1) is 8.92. The van der Waals surface area contributed by atoms with Crippen molar-refractivity contribution >= 4 is 27.1 Å². The summed E-state index contributed by atoms with van der Waals surface area (Å²) in [6, 6.07) is 8.30. The predicted molar refractivity (Wildman–Crippen MR) is 64.7 cm³/mol. The Hall–Kier alpha value is -1.35. The number of hydrogen-bond donors (Lipinski definition) is 1. The van der Waals surface area contributed by atoms with Crippen LogP contribution in [0.3, 0.4) is 0 Å². The van der Waals surface area contributed by atoms with Gasteiger partial charge in [0.05, 0.1) is 5.69 Å². The van der Waals surface area contributed by atoms with Crippen LogP contribution >= 0.6 is 11.3 Å². The van der Waals surface area contributed by atoms with Gasteiger partial charge in [-0.15, -0.1) is 11.3 Å². The topological polar surface area (TPSA) is 29.1 Å². The van der Waals surface area contributed by atoms with Crippen LogP contribution in [-0.4, -0.2) is 6.04 Å². The van der Waals surface area contributed by atoms with E-state index < -0.39 is 0 Å². The van der Waals surface area contributed by atoms with Gasteiger partial charge < -0.3 is 5.32 Å². The second-order valence-electron chi connectivity index (χ2n) is 3.89. The molecule has 2 nitrogen and oxygen atoms in total. The third-order valence-electron chi connectivity index (χ3n) is 2.62. The van der Waals surface area contributed by atoms with E-state index >= 15 is 0 Å². The van der Waals surface area contributed by atoms with E-state index in [0.717, 1.165) is 15.8 Å². The average Bonchev–Trinajstić information content (AvgIpc) is 3.07. The Bertz CT molecular complexity index is 557. The van der Waals surface area contributed by atoms with Gasteiger partial charge in [-0.3, -0.25) is 4.79 Å². The van der Waals surface area contributed by atoms with Gasteiger partial charge in [-0.25, -0.2) is 0 Å². The fraction of sp³-hybridized carbons (Fsp3) is 0.250. The Morgan fingerprint density at radius 2 is 2.07 bits per heavy atom. The smallest absolute Gasteiger partial charge is 0.211 e. The van der Waals surface area contributed by atoms with Crippen LogP contribution in [0.15, 0.2) is 34.4 Å². The normalized spacial score (nSPS) is 15.5. The predicted octanol–water partition coefficient (Wildman–Crippen LogP) is 2.84. The second-order valence-corrected chi connectivity index (χ2v) is 4.80. The largest absolute Gasteiger partial charge is 0.378 e. The van der Waals surface area contributed by atoms with Gasteiger partial charge in [-0.05, 0) is 25.0 Å². The van der Waals surface area contributed by atoms with E-state index in [0.29, 0.717) is 6.04 Å². The lowest BCUT2D eigenvalue weighted by atomic mass is 10.2. The zero-order chi connectivity index (χ0) is 10.3. The first-order chi connectivity index (χ1) is 7.34. The fourth-order valence-corrected chi connectivity index (χ4v) is 2.49. The summed E-state index contributed by atoms with van der Waals surface area (Å²) in [7, 11) is 0. The number of rotatable bonds is 2. The summed E-state index contributed by atoms with van der Waals surface area (Å²) in [6.07, 6.45) is 2.38. The van der Waals surface area contributed by atoms with E-state index in [9.17, 15) is 4.79 Å². The summed E-state index contributed by atoms with van der Waals surface area (Å²) >= 11 is 1.62. The lowest BCUT2D eigenvalue weighted by molar-refractivity contribution is 1.15. The molecule has 0 spiro atoms. The molecule has 1 N–H and O–H groups in total. The zero-order valence-corrected chi connectivity index (χ0v) is 9.01. The first-order valence-electron chi connectivity index (χ1n) is 5.12. The average molecular weight is 217 g/mol. The summed E-state index contributed by atoms with van der Waals surface area (Å²) < 4.78 is 1.06. The van der Waals surface area contributed by atoms with Gasteiger partial charge in [-0.2, -0.15) is 0 Å². The highest BCUT2D eigenvalue weighted by Gasteiger charge is 2.22. The molecule has 0 bridgehead atoms. The quantitative estimate of drug-likeness (QED) is 0.838. The highest BCUT2D eigenvalue weighted by Crippen LogP contribution is 2.25. The maximum Gasteiger partial charge on any atom is 0.211 e. The van der Waals surface area contributed by atoms with Crippen molar-refractivity contribution in [3.8, 4) is 0 Å².